The summed E-state index contributed by atoms with van der Waals surface area (Å²) in [6.07, 6.45) is 2.44. The van der Waals surface area contributed by atoms with Crippen molar-refractivity contribution in [1.29, 1.82) is 0 Å². The van der Waals surface area contributed by atoms with Gasteiger partial charge in [-0.1, -0.05) is 6.92 Å². The largest absolute Gasteiger partial charge is 0.493 e. The molecule has 0 atom stereocenters. The summed E-state index contributed by atoms with van der Waals surface area (Å²) >= 11 is 0. The second kappa shape index (κ2) is 10.6. The number of hydrogen-bond acceptors (Lipinski definition) is 6. The Morgan fingerprint density at radius 2 is 1.57 bits per heavy atom. The lowest BCUT2D eigenvalue weighted by Gasteiger charge is -2.18. The summed E-state index contributed by atoms with van der Waals surface area (Å²) in [6.45, 7) is 4.46. The maximum atomic E-state index is 13.2. The number of carbonyl (C=O) groups excluding carboxylic acids is 1. The minimum absolute atomic E-state index is 0.0302. The smallest absolute Gasteiger partial charge is 0.203 e. The summed E-state index contributed by atoms with van der Waals surface area (Å²) in [5.41, 5.74) is 2.96. The SMILES string of the molecule is CCOc1ccc(C(=O)/C(=C/c2cc(OC)c(OC)c(OC)c2)CC)cc1N(C)C. The molecule has 162 valence electrons. The van der Waals surface area contributed by atoms with Crippen LogP contribution in [-0.2, 0) is 0 Å². The first kappa shape index (κ1) is 23.1. The number of ketones is 1. The standard InChI is InChI=1S/C24H31NO5/c1-8-17(12-16-13-21(27-5)24(29-7)22(14-16)28-6)23(26)18-10-11-20(30-9-2)19(15-18)25(3)4/h10-15H,8-9H2,1-7H3/b17-12+. The molecule has 0 aliphatic carbocycles. The van der Waals surface area contributed by atoms with Gasteiger partial charge >= 0.3 is 0 Å². The Kier molecular flexibility index (Phi) is 8.16. The van der Waals surface area contributed by atoms with E-state index in [1.54, 1.807) is 27.4 Å². The summed E-state index contributed by atoms with van der Waals surface area (Å²) in [5.74, 6) is 2.33. The lowest BCUT2D eigenvalue weighted by Crippen LogP contribution is -2.12. The molecule has 0 saturated heterocycles. The normalized spacial score (nSPS) is 11.1. The summed E-state index contributed by atoms with van der Waals surface area (Å²) in [5, 5.41) is 0. The van der Waals surface area contributed by atoms with Crippen LogP contribution in [0.4, 0.5) is 5.69 Å². The third-order valence-electron chi connectivity index (χ3n) is 4.70. The maximum Gasteiger partial charge on any atom is 0.203 e. The molecule has 0 spiro atoms. The van der Waals surface area contributed by atoms with Gasteiger partial charge in [-0.05, 0) is 55.3 Å². The number of benzene rings is 2. The third-order valence-corrected chi connectivity index (χ3v) is 4.70. The monoisotopic (exact) mass is 413 g/mol. The van der Waals surface area contributed by atoms with Crippen molar-refractivity contribution in [3.8, 4) is 23.0 Å². The molecule has 0 saturated carbocycles. The molecular weight excluding hydrogens is 382 g/mol. The minimum Gasteiger partial charge on any atom is -0.493 e. The van der Waals surface area contributed by atoms with Gasteiger partial charge in [0.2, 0.25) is 5.75 Å². The molecule has 0 amide bonds. The van der Waals surface area contributed by atoms with Crippen molar-refractivity contribution in [3.05, 3.63) is 47.0 Å². The van der Waals surface area contributed by atoms with Crippen LogP contribution in [0.1, 0.15) is 36.2 Å². The molecule has 0 heterocycles. The molecule has 30 heavy (non-hydrogen) atoms. The van der Waals surface area contributed by atoms with Gasteiger partial charge < -0.3 is 23.8 Å². The van der Waals surface area contributed by atoms with Gasteiger partial charge in [-0.15, -0.1) is 0 Å². The van der Waals surface area contributed by atoms with E-state index in [-0.39, 0.29) is 5.78 Å². The van der Waals surface area contributed by atoms with Crippen LogP contribution < -0.4 is 23.8 Å². The van der Waals surface area contributed by atoms with E-state index < -0.39 is 0 Å². The van der Waals surface area contributed by atoms with E-state index in [4.69, 9.17) is 18.9 Å². The van der Waals surface area contributed by atoms with E-state index >= 15 is 0 Å². The van der Waals surface area contributed by atoms with E-state index in [1.165, 1.54) is 0 Å². The Bertz CT molecular complexity index is 893. The highest BCUT2D eigenvalue weighted by Gasteiger charge is 2.17. The van der Waals surface area contributed by atoms with E-state index in [0.717, 1.165) is 17.0 Å². The van der Waals surface area contributed by atoms with Crippen LogP contribution in [0.5, 0.6) is 23.0 Å². The average Bonchev–Trinajstić information content (AvgIpc) is 2.76. The molecule has 0 bridgehead atoms. The number of allylic oxidation sites excluding steroid dienone is 1. The Morgan fingerprint density at radius 3 is 2.03 bits per heavy atom. The predicted octanol–water partition coefficient (Wildman–Crippen LogP) is 4.85. The first-order valence-corrected chi connectivity index (χ1v) is 9.89. The number of Topliss-reactive ketones (excluding diaryl/α,β-unsaturated/α-hetero) is 1. The fourth-order valence-electron chi connectivity index (χ4n) is 3.19. The summed E-state index contributed by atoms with van der Waals surface area (Å²) < 4.78 is 21.9. The summed E-state index contributed by atoms with van der Waals surface area (Å²) in [7, 11) is 8.56. The predicted molar refractivity (Wildman–Crippen MR) is 121 cm³/mol. The number of nitrogens with zero attached hydrogens (tertiary/aromatic N) is 1. The fraction of sp³-hybridized carbons (Fsp3) is 0.375. The van der Waals surface area contributed by atoms with Crippen LogP contribution in [0.25, 0.3) is 6.08 Å². The Labute approximate surface area is 179 Å². The number of hydrogen-bond donors (Lipinski definition) is 0. The van der Waals surface area contributed by atoms with Crippen LogP contribution in [-0.4, -0.2) is 47.8 Å². The quantitative estimate of drug-likeness (QED) is 0.410. The highest BCUT2D eigenvalue weighted by Crippen LogP contribution is 2.39. The van der Waals surface area contributed by atoms with Gasteiger partial charge in [0.25, 0.3) is 0 Å². The van der Waals surface area contributed by atoms with Crippen LogP contribution in [0.15, 0.2) is 35.9 Å². The molecule has 2 aromatic carbocycles. The molecule has 2 rings (SSSR count). The van der Waals surface area contributed by atoms with Gasteiger partial charge in [0.15, 0.2) is 17.3 Å². The van der Waals surface area contributed by atoms with Gasteiger partial charge in [-0.3, -0.25) is 4.79 Å². The maximum absolute atomic E-state index is 13.2. The van der Waals surface area contributed by atoms with Crippen molar-refractivity contribution >= 4 is 17.5 Å². The Morgan fingerprint density at radius 1 is 0.933 bits per heavy atom. The first-order chi connectivity index (χ1) is 14.4. The van der Waals surface area contributed by atoms with Gasteiger partial charge in [0, 0.05) is 25.2 Å². The van der Waals surface area contributed by atoms with Gasteiger partial charge in [-0.2, -0.15) is 0 Å². The van der Waals surface area contributed by atoms with Crippen LogP contribution in [0, 0.1) is 0 Å². The zero-order chi connectivity index (χ0) is 22.3. The van der Waals surface area contributed by atoms with Crippen LogP contribution in [0.2, 0.25) is 0 Å². The van der Waals surface area contributed by atoms with E-state index in [2.05, 4.69) is 0 Å². The van der Waals surface area contributed by atoms with Crippen molar-refractivity contribution in [1.82, 2.24) is 0 Å². The van der Waals surface area contributed by atoms with E-state index in [1.807, 2.05) is 63.2 Å². The van der Waals surface area contributed by atoms with Crippen molar-refractivity contribution in [3.63, 3.8) is 0 Å². The lowest BCUT2D eigenvalue weighted by molar-refractivity contribution is 0.103. The van der Waals surface area contributed by atoms with Gasteiger partial charge in [-0.25, -0.2) is 0 Å². The molecule has 0 unspecified atom stereocenters. The molecule has 2 aromatic rings. The number of ether oxygens (including phenoxy) is 4. The van der Waals surface area contributed by atoms with Crippen molar-refractivity contribution < 1.29 is 23.7 Å². The number of rotatable bonds is 10. The van der Waals surface area contributed by atoms with Gasteiger partial charge in [0.05, 0.1) is 33.6 Å². The fourth-order valence-corrected chi connectivity index (χ4v) is 3.19. The third kappa shape index (κ3) is 5.06. The molecule has 0 aromatic heterocycles. The second-order valence-corrected chi connectivity index (χ2v) is 6.82. The van der Waals surface area contributed by atoms with Gasteiger partial charge in [0.1, 0.15) is 5.75 Å². The number of carbonyl (C=O) groups is 1. The van der Waals surface area contributed by atoms with Crippen molar-refractivity contribution in [2.45, 2.75) is 20.3 Å². The first-order valence-electron chi connectivity index (χ1n) is 9.89. The second-order valence-electron chi connectivity index (χ2n) is 6.82. The zero-order valence-electron chi connectivity index (χ0n) is 18.9. The molecule has 0 N–H and O–H groups in total. The van der Waals surface area contributed by atoms with Crippen molar-refractivity contribution in [2.75, 3.05) is 46.9 Å². The van der Waals surface area contributed by atoms with Crippen LogP contribution in [0.3, 0.4) is 0 Å². The molecule has 0 fully saturated rings. The van der Waals surface area contributed by atoms with E-state index in [0.29, 0.717) is 41.4 Å². The average molecular weight is 414 g/mol. The molecule has 0 aliphatic rings. The van der Waals surface area contributed by atoms with Crippen LogP contribution >= 0.6 is 0 Å². The summed E-state index contributed by atoms with van der Waals surface area (Å²) in [6, 6.07) is 9.17. The number of anilines is 1. The topological polar surface area (TPSA) is 57.2 Å². The molecule has 0 radical (unpaired) electrons. The Balaban J connectivity index is 2.48. The number of methoxy groups -OCH3 is 3. The van der Waals surface area contributed by atoms with E-state index in [9.17, 15) is 4.79 Å². The lowest BCUT2D eigenvalue weighted by atomic mass is 9.98. The molecule has 6 nitrogen and oxygen atoms in total. The molecule has 6 heteroatoms. The minimum atomic E-state index is -0.0302. The Hall–Kier alpha value is -3.15. The summed E-state index contributed by atoms with van der Waals surface area (Å²) in [4.78, 5) is 15.2. The zero-order valence-corrected chi connectivity index (χ0v) is 18.9. The molecular formula is C24H31NO5. The highest BCUT2D eigenvalue weighted by molar-refractivity contribution is 6.11. The van der Waals surface area contributed by atoms with Crippen molar-refractivity contribution in [2.24, 2.45) is 0 Å². The highest BCUT2D eigenvalue weighted by atomic mass is 16.5. The molecule has 0 aliphatic heterocycles.